The molecule has 2 nitrogen and oxygen atoms in total. The summed E-state index contributed by atoms with van der Waals surface area (Å²) in [5.74, 6) is -1.65. The van der Waals surface area contributed by atoms with Crippen molar-refractivity contribution >= 4 is 16.5 Å². The SMILES string of the molecule is Nc1cc(C(F)(F)F)ccc1S(=O)CC(F)(F)F. The van der Waals surface area contributed by atoms with Crippen LogP contribution in [0.5, 0.6) is 0 Å². The average Bonchev–Trinajstić information content (AvgIpc) is 2.12. The van der Waals surface area contributed by atoms with Gasteiger partial charge in [0.25, 0.3) is 0 Å². The Bertz CT molecular complexity index is 467. The van der Waals surface area contributed by atoms with Gasteiger partial charge < -0.3 is 5.73 Å². The van der Waals surface area contributed by atoms with Crippen LogP contribution >= 0.6 is 0 Å². The van der Waals surface area contributed by atoms with Crippen LogP contribution in [-0.4, -0.2) is 16.1 Å². The maximum absolute atomic E-state index is 12.3. The molecule has 0 bridgehead atoms. The highest BCUT2D eigenvalue weighted by Crippen LogP contribution is 2.32. The number of anilines is 1. The first kappa shape index (κ1) is 14.8. The molecule has 0 aliphatic heterocycles. The summed E-state index contributed by atoms with van der Waals surface area (Å²) in [7, 11) is -2.52. The van der Waals surface area contributed by atoms with Crippen molar-refractivity contribution in [1.29, 1.82) is 0 Å². The van der Waals surface area contributed by atoms with Crippen molar-refractivity contribution in [3.63, 3.8) is 0 Å². The lowest BCUT2D eigenvalue weighted by Crippen LogP contribution is -2.19. The highest BCUT2D eigenvalue weighted by atomic mass is 32.2. The predicted molar refractivity (Wildman–Crippen MR) is 53.2 cm³/mol. The van der Waals surface area contributed by atoms with Gasteiger partial charge in [-0.15, -0.1) is 0 Å². The minimum Gasteiger partial charge on any atom is -0.398 e. The van der Waals surface area contributed by atoms with Gasteiger partial charge in [-0.2, -0.15) is 26.3 Å². The highest BCUT2D eigenvalue weighted by molar-refractivity contribution is 7.85. The van der Waals surface area contributed by atoms with E-state index in [1.54, 1.807) is 0 Å². The third-order valence-electron chi connectivity index (χ3n) is 1.88. The van der Waals surface area contributed by atoms with Gasteiger partial charge in [0.15, 0.2) is 0 Å². The number of hydrogen-bond acceptors (Lipinski definition) is 2. The fourth-order valence-electron chi connectivity index (χ4n) is 1.16. The molecular weight excluding hydrogens is 284 g/mol. The number of rotatable bonds is 2. The second-order valence-corrected chi connectivity index (χ2v) is 4.77. The standard InChI is InChI=1S/C9H7F6NOS/c10-8(11,12)4-18(17)7-2-1-5(3-6(7)16)9(13,14)15/h1-3H,4,16H2. The largest absolute Gasteiger partial charge is 0.416 e. The molecular formula is C9H7F6NOS. The van der Waals surface area contributed by atoms with Gasteiger partial charge in [0.1, 0.15) is 5.75 Å². The second kappa shape index (κ2) is 4.79. The van der Waals surface area contributed by atoms with Crippen molar-refractivity contribution in [3.05, 3.63) is 23.8 Å². The van der Waals surface area contributed by atoms with Crippen LogP contribution in [-0.2, 0) is 17.0 Å². The lowest BCUT2D eigenvalue weighted by Gasteiger charge is -2.11. The maximum Gasteiger partial charge on any atom is 0.416 e. The van der Waals surface area contributed by atoms with Crippen LogP contribution in [0.15, 0.2) is 23.1 Å². The van der Waals surface area contributed by atoms with Crippen molar-refractivity contribution < 1.29 is 30.6 Å². The van der Waals surface area contributed by atoms with Crippen molar-refractivity contribution in [2.45, 2.75) is 17.2 Å². The highest BCUT2D eigenvalue weighted by Gasteiger charge is 2.34. The Hall–Kier alpha value is -1.25. The Kier molecular flexibility index (Phi) is 3.94. The van der Waals surface area contributed by atoms with Gasteiger partial charge in [-0.3, -0.25) is 4.21 Å². The molecule has 1 unspecified atom stereocenters. The number of alkyl halides is 6. The first-order valence-electron chi connectivity index (χ1n) is 4.42. The zero-order valence-electron chi connectivity index (χ0n) is 8.60. The van der Waals surface area contributed by atoms with Crippen LogP contribution in [0, 0.1) is 0 Å². The molecule has 0 aliphatic rings. The summed E-state index contributed by atoms with van der Waals surface area (Å²) in [5, 5.41) is 0. The summed E-state index contributed by atoms with van der Waals surface area (Å²) in [6.07, 6.45) is -9.34. The van der Waals surface area contributed by atoms with Gasteiger partial charge in [-0.1, -0.05) is 0 Å². The molecule has 0 radical (unpaired) electrons. The van der Waals surface area contributed by atoms with E-state index in [-0.39, 0.29) is 0 Å². The third-order valence-corrected chi connectivity index (χ3v) is 3.33. The van der Waals surface area contributed by atoms with E-state index in [9.17, 15) is 30.6 Å². The minimum atomic E-state index is -4.68. The fourth-order valence-corrected chi connectivity index (χ4v) is 2.15. The molecule has 1 aromatic carbocycles. The van der Waals surface area contributed by atoms with E-state index < -0.39 is 45.1 Å². The number of hydrogen-bond donors (Lipinski definition) is 1. The first-order valence-corrected chi connectivity index (χ1v) is 5.74. The van der Waals surface area contributed by atoms with Crippen molar-refractivity contribution in [3.8, 4) is 0 Å². The van der Waals surface area contributed by atoms with Gasteiger partial charge in [-0.25, -0.2) is 0 Å². The molecule has 1 aromatic rings. The topological polar surface area (TPSA) is 43.1 Å². The minimum absolute atomic E-state index is 0.458. The van der Waals surface area contributed by atoms with E-state index in [2.05, 4.69) is 0 Å². The second-order valence-electron chi connectivity index (χ2n) is 3.36. The maximum atomic E-state index is 12.3. The number of halogens is 6. The van der Waals surface area contributed by atoms with Gasteiger partial charge in [0.05, 0.1) is 21.3 Å². The Morgan fingerprint density at radius 1 is 1.11 bits per heavy atom. The molecule has 1 rings (SSSR count). The molecule has 0 fully saturated rings. The van der Waals surface area contributed by atoms with Gasteiger partial charge >= 0.3 is 12.4 Å². The molecule has 0 saturated heterocycles. The van der Waals surface area contributed by atoms with Gasteiger partial charge in [0.2, 0.25) is 0 Å². The Balaban J connectivity index is 3.03. The molecule has 18 heavy (non-hydrogen) atoms. The van der Waals surface area contributed by atoms with E-state index in [0.29, 0.717) is 18.2 Å². The molecule has 2 N–H and O–H groups in total. The first-order chi connectivity index (χ1) is 8.00. The van der Waals surface area contributed by atoms with Crippen LogP contribution in [0.4, 0.5) is 32.0 Å². The van der Waals surface area contributed by atoms with Gasteiger partial charge in [-0.05, 0) is 18.2 Å². The Morgan fingerprint density at radius 3 is 2.06 bits per heavy atom. The quantitative estimate of drug-likeness (QED) is 0.672. The van der Waals surface area contributed by atoms with Crippen molar-refractivity contribution in [1.82, 2.24) is 0 Å². The normalized spacial score (nSPS) is 14.6. The van der Waals surface area contributed by atoms with Crippen molar-refractivity contribution in [2.24, 2.45) is 0 Å². The van der Waals surface area contributed by atoms with Crippen LogP contribution in [0.3, 0.4) is 0 Å². The average molecular weight is 291 g/mol. The summed E-state index contributed by atoms with van der Waals surface area (Å²) in [6.45, 7) is 0. The number of nitrogen functional groups attached to an aromatic ring is 1. The van der Waals surface area contributed by atoms with E-state index in [0.717, 1.165) is 0 Å². The molecule has 0 aromatic heterocycles. The smallest absolute Gasteiger partial charge is 0.398 e. The van der Waals surface area contributed by atoms with Gasteiger partial charge in [0, 0.05) is 5.69 Å². The number of benzene rings is 1. The predicted octanol–water partition coefficient (Wildman–Crippen LogP) is 2.96. The van der Waals surface area contributed by atoms with E-state index >= 15 is 0 Å². The monoisotopic (exact) mass is 291 g/mol. The third kappa shape index (κ3) is 3.90. The van der Waals surface area contributed by atoms with E-state index in [1.807, 2.05) is 0 Å². The molecule has 0 spiro atoms. The zero-order chi connectivity index (χ0) is 14.1. The summed E-state index contributed by atoms with van der Waals surface area (Å²) >= 11 is 0. The van der Waals surface area contributed by atoms with E-state index in [4.69, 9.17) is 5.73 Å². The lowest BCUT2D eigenvalue weighted by molar-refractivity contribution is -0.137. The molecule has 102 valence electrons. The Morgan fingerprint density at radius 2 is 1.67 bits per heavy atom. The molecule has 0 amide bonds. The molecule has 0 heterocycles. The zero-order valence-corrected chi connectivity index (χ0v) is 9.42. The lowest BCUT2D eigenvalue weighted by atomic mass is 10.2. The van der Waals surface area contributed by atoms with Crippen LogP contribution < -0.4 is 5.73 Å². The fraction of sp³-hybridized carbons (Fsp3) is 0.333. The number of nitrogens with two attached hydrogens (primary N) is 1. The van der Waals surface area contributed by atoms with Crippen LogP contribution in [0.2, 0.25) is 0 Å². The van der Waals surface area contributed by atoms with E-state index in [1.165, 1.54) is 0 Å². The van der Waals surface area contributed by atoms with Crippen LogP contribution in [0.25, 0.3) is 0 Å². The molecule has 9 heteroatoms. The summed E-state index contributed by atoms with van der Waals surface area (Å²) in [6, 6.07) is 1.70. The van der Waals surface area contributed by atoms with Crippen molar-refractivity contribution in [2.75, 3.05) is 11.5 Å². The van der Waals surface area contributed by atoms with Crippen LogP contribution in [0.1, 0.15) is 5.56 Å². The summed E-state index contributed by atoms with van der Waals surface area (Å²) in [4.78, 5) is -0.458. The summed E-state index contributed by atoms with van der Waals surface area (Å²) < 4.78 is 84.0. The molecule has 1 atom stereocenters. The summed E-state index contributed by atoms with van der Waals surface area (Å²) in [5.41, 5.74) is 3.50. The Labute approximate surface area is 100 Å². The molecule has 0 aliphatic carbocycles. The molecule has 0 saturated carbocycles.